The quantitative estimate of drug-likeness (QED) is 0.783. The molecule has 0 bridgehead atoms. The molecule has 0 aliphatic rings. The molecule has 0 saturated carbocycles. The SMILES string of the molecule is CCc1cccc(C)c1N(CCC(=O)Nc1cc(Cl)ccc1C)C(C)=O. The third-order valence-electron chi connectivity index (χ3n) is 4.39. The van der Waals surface area contributed by atoms with Crippen LogP contribution in [0.3, 0.4) is 0 Å². The van der Waals surface area contributed by atoms with Crippen LogP contribution in [0.4, 0.5) is 11.4 Å². The predicted octanol–water partition coefficient (Wildman–Crippen LogP) is 4.90. The van der Waals surface area contributed by atoms with Gasteiger partial charge in [0.1, 0.15) is 0 Å². The highest BCUT2D eigenvalue weighted by molar-refractivity contribution is 6.31. The molecule has 5 heteroatoms. The zero-order chi connectivity index (χ0) is 19.3. The standard InChI is InChI=1S/C21H25ClN2O2/c1-5-17-8-6-7-15(3)21(17)24(16(4)25)12-11-20(26)23-19-13-18(22)10-9-14(19)2/h6-10,13H,5,11-12H2,1-4H3,(H,23,26). The minimum Gasteiger partial charge on any atom is -0.326 e. The van der Waals surface area contributed by atoms with Crippen LogP contribution in [0, 0.1) is 13.8 Å². The van der Waals surface area contributed by atoms with E-state index in [-0.39, 0.29) is 18.2 Å². The van der Waals surface area contributed by atoms with E-state index in [1.54, 1.807) is 17.0 Å². The van der Waals surface area contributed by atoms with Gasteiger partial charge in [-0.3, -0.25) is 9.59 Å². The number of benzene rings is 2. The van der Waals surface area contributed by atoms with Gasteiger partial charge in [-0.15, -0.1) is 0 Å². The number of nitrogens with zero attached hydrogens (tertiary/aromatic N) is 1. The van der Waals surface area contributed by atoms with Crippen molar-refractivity contribution in [2.24, 2.45) is 0 Å². The molecular weight excluding hydrogens is 348 g/mol. The van der Waals surface area contributed by atoms with Gasteiger partial charge in [-0.05, 0) is 49.1 Å². The Hall–Kier alpha value is -2.33. The van der Waals surface area contributed by atoms with Crippen molar-refractivity contribution >= 4 is 34.8 Å². The number of carbonyl (C=O) groups excluding carboxylic acids is 2. The molecule has 138 valence electrons. The fraction of sp³-hybridized carbons (Fsp3) is 0.333. The summed E-state index contributed by atoms with van der Waals surface area (Å²) in [5.74, 6) is -0.214. The van der Waals surface area contributed by atoms with E-state index in [9.17, 15) is 9.59 Å². The van der Waals surface area contributed by atoms with E-state index in [2.05, 4.69) is 12.2 Å². The largest absolute Gasteiger partial charge is 0.326 e. The fourth-order valence-electron chi connectivity index (χ4n) is 2.97. The van der Waals surface area contributed by atoms with Crippen LogP contribution in [0.2, 0.25) is 5.02 Å². The fourth-order valence-corrected chi connectivity index (χ4v) is 3.14. The van der Waals surface area contributed by atoms with Crippen LogP contribution < -0.4 is 10.2 Å². The van der Waals surface area contributed by atoms with Gasteiger partial charge in [-0.1, -0.05) is 42.8 Å². The van der Waals surface area contributed by atoms with Gasteiger partial charge < -0.3 is 10.2 Å². The number of halogens is 1. The zero-order valence-corrected chi connectivity index (χ0v) is 16.5. The maximum Gasteiger partial charge on any atom is 0.226 e. The van der Waals surface area contributed by atoms with Crippen molar-refractivity contribution in [1.82, 2.24) is 0 Å². The minimum atomic E-state index is -0.145. The summed E-state index contributed by atoms with van der Waals surface area (Å²) in [6.45, 7) is 7.82. The predicted molar refractivity (Wildman–Crippen MR) is 108 cm³/mol. The lowest BCUT2D eigenvalue weighted by Crippen LogP contribution is -2.33. The number of anilines is 2. The first kappa shape index (κ1) is 20.0. The highest BCUT2D eigenvalue weighted by Gasteiger charge is 2.18. The lowest BCUT2D eigenvalue weighted by molar-refractivity contribution is -0.117. The molecule has 0 heterocycles. The van der Waals surface area contributed by atoms with Gasteiger partial charge in [0.25, 0.3) is 0 Å². The van der Waals surface area contributed by atoms with Crippen molar-refractivity contribution in [3.8, 4) is 0 Å². The maximum atomic E-state index is 12.4. The van der Waals surface area contributed by atoms with Crippen molar-refractivity contribution in [1.29, 1.82) is 0 Å². The Bertz CT molecular complexity index is 818. The average Bonchev–Trinajstić information content (AvgIpc) is 2.59. The average molecular weight is 373 g/mol. The summed E-state index contributed by atoms with van der Waals surface area (Å²) in [6.07, 6.45) is 1.04. The Morgan fingerprint density at radius 2 is 1.85 bits per heavy atom. The Morgan fingerprint density at radius 3 is 2.50 bits per heavy atom. The van der Waals surface area contributed by atoms with Gasteiger partial charge in [0.15, 0.2) is 0 Å². The number of para-hydroxylation sites is 1. The molecule has 2 aromatic carbocycles. The van der Waals surface area contributed by atoms with Gasteiger partial charge in [0.05, 0.1) is 0 Å². The van der Waals surface area contributed by atoms with E-state index >= 15 is 0 Å². The van der Waals surface area contributed by atoms with Crippen LogP contribution in [0.1, 0.15) is 37.0 Å². The summed E-state index contributed by atoms with van der Waals surface area (Å²) in [7, 11) is 0. The summed E-state index contributed by atoms with van der Waals surface area (Å²) in [4.78, 5) is 26.3. The number of rotatable bonds is 6. The molecule has 0 fully saturated rings. The van der Waals surface area contributed by atoms with E-state index in [1.165, 1.54) is 6.92 Å². The normalized spacial score (nSPS) is 10.5. The summed E-state index contributed by atoms with van der Waals surface area (Å²) >= 11 is 6.00. The number of hydrogen-bond donors (Lipinski definition) is 1. The van der Waals surface area contributed by atoms with E-state index in [0.717, 1.165) is 28.8 Å². The smallest absolute Gasteiger partial charge is 0.226 e. The van der Waals surface area contributed by atoms with Crippen molar-refractivity contribution < 1.29 is 9.59 Å². The molecule has 0 atom stereocenters. The van der Waals surface area contributed by atoms with Gasteiger partial charge in [0, 0.05) is 36.3 Å². The first-order chi connectivity index (χ1) is 12.3. The second kappa shape index (κ2) is 8.86. The molecule has 0 spiro atoms. The summed E-state index contributed by atoms with van der Waals surface area (Å²) in [5, 5.41) is 3.45. The van der Waals surface area contributed by atoms with Gasteiger partial charge in [-0.25, -0.2) is 0 Å². The number of aryl methyl sites for hydroxylation is 3. The molecular formula is C21H25ClN2O2. The van der Waals surface area contributed by atoms with Crippen LogP contribution in [0.25, 0.3) is 0 Å². The Balaban J connectivity index is 2.13. The lowest BCUT2D eigenvalue weighted by Gasteiger charge is -2.25. The molecule has 0 aromatic heterocycles. The Labute approximate surface area is 160 Å². The highest BCUT2D eigenvalue weighted by Crippen LogP contribution is 2.26. The van der Waals surface area contributed by atoms with Gasteiger partial charge in [-0.2, -0.15) is 0 Å². The summed E-state index contributed by atoms with van der Waals surface area (Å²) in [6, 6.07) is 11.4. The van der Waals surface area contributed by atoms with Crippen LogP contribution in [-0.2, 0) is 16.0 Å². The maximum absolute atomic E-state index is 12.4. The van der Waals surface area contributed by atoms with Crippen LogP contribution in [0.15, 0.2) is 36.4 Å². The number of amides is 2. The number of carbonyl (C=O) groups is 2. The molecule has 0 aliphatic carbocycles. The molecule has 0 unspecified atom stereocenters. The van der Waals surface area contributed by atoms with E-state index in [0.29, 0.717) is 17.3 Å². The second-order valence-corrected chi connectivity index (χ2v) is 6.80. The first-order valence-electron chi connectivity index (χ1n) is 8.76. The third kappa shape index (κ3) is 4.85. The molecule has 26 heavy (non-hydrogen) atoms. The molecule has 0 saturated heterocycles. The van der Waals surface area contributed by atoms with Crippen molar-refractivity contribution in [2.45, 2.75) is 40.5 Å². The van der Waals surface area contributed by atoms with E-state index in [4.69, 9.17) is 11.6 Å². The van der Waals surface area contributed by atoms with Gasteiger partial charge in [0.2, 0.25) is 11.8 Å². The van der Waals surface area contributed by atoms with E-state index < -0.39 is 0 Å². The molecule has 2 aromatic rings. The Kier molecular flexibility index (Phi) is 6.81. The van der Waals surface area contributed by atoms with Crippen molar-refractivity contribution in [3.05, 3.63) is 58.1 Å². The van der Waals surface area contributed by atoms with Crippen molar-refractivity contribution in [3.63, 3.8) is 0 Å². The third-order valence-corrected chi connectivity index (χ3v) is 4.62. The second-order valence-electron chi connectivity index (χ2n) is 6.36. The highest BCUT2D eigenvalue weighted by atomic mass is 35.5. The minimum absolute atomic E-state index is 0.0688. The number of nitrogens with one attached hydrogen (secondary N) is 1. The molecule has 1 N–H and O–H groups in total. The monoisotopic (exact) mass is 372 g/mol. The van der Waals surface area contributed by atoms with Crippen LogP contribution >= 0.6 is 11.6 Å². The lowest BCUT2D eigenvalue weighted by atomic mass is 10.0. The van der Waals surface area contributed by atoms with Gasteiger partial charge >= 0.3 is 0 Å². The summed E-state index contributed by atoms with van der Waals surface area (Å²) < 4.78 is 0. The van der Waals surface area contributed by atoms with Crippen LogP contribution in [0.5, 0.6) is 0 Å². The number of hydrogen-bond acceptors (Lipinski definition) is 2. The Morgan fingerprint density at radius 1 is 1.12 bits per heavy atom. The van der Waals surface area contributed by atoms with Crippen molar-refractivity contribution in [2.75, 3.05) is 16.8 Å². The summed E-state index contributed by atoms with van der Waals surface area (Å²) in [5.41, 5.74) is 4.69. The molecule has 0 radical (unpaired) electrons. The van der Waals surface area contributed by atoms with E-state index in [1.807, 2.05) is 38.1 Å². The van der Waals surface area contributed by atoms with Crippen LogP contribution in [-0.4, -0.2) is 18.4 Å². The topological polar surface area (TPSA) is 49.4 Å². The molecule has 2 rings (SSSR count). The molecule has 2 amide bonds. The molecule has 4 nitrogen and oxygen atoms in total. The zero-order valence-electron chi connectivity index (χ0n) is 15.7. The molecule has 0 aliphatic heterocycles. The first-order valence-corrected chi connectivity index (χ1v) is 9.13.